The third-order valence-electron chi connectivity index (χ3n) is 4.43. The van der Waals surface area contributed by atoms with Gasteiger partial charge >= 0.3 is 18.0 Å². The summed E-state index contributed by atoms with van der Waals surface area (Å²) in [6.45, 7) is 11.1. The number of esters is 1. The van der Waals surface area contributed by atoms with E-state index in [1.165, 1.54) is 0 Å². The Bertz CT molecular complexity index is 713. The number of hydrogen-bond acceptors (Lipinski definition) is 5. The molecule has 1 aromatic carbocycles. The summed E-state index contributed by atoms with van der Waals surface area (Å²) < 4.78 is 10.4. The minimum Gasteiger partial charge on any atom is -0.481 e. The zero-order chi connectivity index (χ0) is 22.8. The summed E-state index contributed by atoms with van der Waals surface area (Å²) in [5.41, 5.74) is 2.06. The standard InChI is InChI=1S/C23H35NO6/c1-14(2)10-17-8-7-9-18(11-17)12-19(20(25)26)13-24-23(28)30-22(16(5)6)29-21(27)15(3)4/h7-9,11,14-16,19,22H,10,12-13H2,1-6H3,(H,24,28)(H,25,26)/t19-,22-/m0/s1. The first kappa shape index (κ1) is 25.5. The molecule has 168 valence electrons. The minimum atomic E-state index is -1.03. The molecule has 0 aliphatic carbocycles. The number of ether oxygens (including phenoxy) is 2. The number of hydrogen-bond donors (Lipinski definition) is 2. The quantitative estimate of drug-likeness (QED) is 0.413. The van der Waals surface area contributed by atoms with Crippen LogP contribution in [0.15, 0.2) is 24.3 Å². The zero-order valence-electron chi connectivity index (χ0n) is 18.8. The summed E-state index contributed by atoms with van der Waals surface area (Å²) >= 11 is 0. The van der Waals surface area contributed by atoms with Crippen LogP contribution in [0.1, 0.15) is 52.7 Å². The number of carbonyl (C=O) groups excluding carboxylic acids is 2. The number of benzene rings is 1. The van der Waals surface area contributed by atoms with Crippen molar-refractivity contribution in [3.63, 3.8) is 0 Å². The second-order valence-electron chi connectivity index (χ2n) is 8.65. The molecule has 0 saturated carbocycles. The highest BCUT2D eigenvalue weighted by Gasteiger charge is 2.25. The van der Waals surface area contributed by atoms with Crippen LogP contribution in [0.25, 0.3) is 0 Å². The predicted octanol–water partition coefficient (Wildman–Crippen LogP) is 4.04. The summed E-state index contributed by atoms with van der Waals surface area (Å²) in [6, 6.07) is 7.84. The summed E-state index contributed by atoms with van der Waals surface area (Å²) in [5, 5.41) is 12.0. The van der Waals surface area contributed by atoms with Gasteiger partial charge in [0.15, 0.2) is 0 Å². The van der Waals surface area contributed by atoms with Gasteiger partial charge in [-0.3, -0.25) is 9.59 Å². The van der Waals surface area contributed by atoms with E-state index >= 15 is 0 Å². The van der Waals surface area contributed by atoms with E-state index < -0.39 is 30.2 Å². The van der Waals surface area contributed by atoms with Crippen LogP contribution in [0.5, 0.6) is 0 Å². The Morgan fingerprint density at radius 2 is 1.57 bits per heavy atom. The molecular weight excluding hydrogens is 386 g/mol. The Hall–Kier alpha value is -2.57. The number of carboxylic acids is 1. The number of carbonyl (C=O) groups is 3. The lowest BCUT2D eigenvalue weighted by Crippen LogP contribution is -2.39. The van der Waals surface area contributed by atoms with Crippen LogP contribution >= 0.6 is 0 Å². The normalized spacial score (nSPS) is 13.2. The van der Waals surface area contributed by atoms with Gasteiger partial charge in [0.05, 0.1) is 11.8 Å². The van der Waals surface area contributed by atoms with Crippen LogP contribution < -0.4 is 5.32 Å². The number of nitrogens with one attached hydrogen (secondary N) is 1. The van der Waals surface area contributed by atoms with E-state index in [0.717, 1.165) is 17.5 Å². The van der Waals surface area contributed by atoms with Gasteiger partial charge in [-0.05, 0) is 29.9 Å². The molecule has 0 heterocycles. The lowest BCUT2D eigenvalue weighted by molar-refractivity contribution is -0.178. The molecule has 1 amide bonds. The average molecular weight is 422 g/mol. The summed E-state index contributed by atoms with van der Waals surface area (Å²) in [6.07, 6.45) is -0.639. The molecule has 0 fully saturated rings. The van der Waals surface area contributed by atoms with Gasteiger partial charge in [-0.1, -0.05) is 65.8 Å². The number of aliphatic carboxylic acids is 1. The van der Waals surface area contributed by atoms with Crippen LogP contribution in [-0.2, 0) is 31.9 Å². The van der Waals surface area contributed by atoms with Crippen molar-refractivity contribution < 1.29 is 29.0 Å². The van der Waals surface area contributed by atoms with Crippen molar-refractivity contribution >= 4 is 18.0 Å². The fourth-order valence-electron chi connectivity index (χ4n) is 2.79. The molecule has 2 N–H and O–H groups in total. The molecule has 0 radical (unpaired) electrons. The summed E-state index contributed by atoms with van der Waals surface area (Å²) in [7, 11) is 0. The zero-order valence-corrected chi connectivity index (χ0v) is 18.8. The fraction of sp³-hybridized carbons (Fsp3) is 0.609. The molecule has 7 heteroatoms. The molecule has 0 aliphatic rings. The smallest absolute Gasteiger partial charge is 0.410 e. The number of amides is 1. The van der Waals surface area contributed by atoms with Crippen LogP contribution in [0.2, 0.25) is 0 Å². The van der Waals surface area contributed by atoms with E-state index in [1.54, 1.807) is 27.7 Å². The van der Waals surface area contributed by atoms with Gasteiger partial charge < -0.3 is 19.9 Å². The molecule has 1 aromatic rings. The Kier molecular flexibility index (Phi) is 10.4. The highest BCUT2D eigenvalue weighted by atomic mass is 16.7. The summed E-state index contributed by atoms with van der Waals surface area (Å²) in [4.78, 5) is 35.6. The van der Waals surface area contributed by atoms with Crippen LogP contribution in [-0.4, -0.2) is 36.0 Å². The molecule has 30 heavy (non-hydrogen) atoms. The van der Waals surface area contributed by atoms with E-state index in [2.05, 4.69) is 19.2 Å². The third-order valence-corrected chi connectivity index (χ3v) is 4.43. The maximum absolute atomic E-state index is 12.1. The second kappa shape index (κ2) is 12.2. The Morgan fingerprint density at radius 1 is 0.967 bits per heavy atom. The van der Waals surface area contributed by atoms with Crippen molar-refractivity contribution in [1.82, 2.24) is 5.32 Å². The maximum Gasteiger partial charge on any atom is 0.410 e. The molecular formula is C23H35NO6. The van der Waals surface area contributed by atoms with Gasteiger partial charge in [0.1, 0.15) is 0 Å². The van der Waals surface area contributed by atoms with Crippen LogP contribution in [0.3, 0.4) is 0 Å². The first-order valence-corrected chi connectivity index (χ1v) is 10.4. The van der Waals surface area contributed by atoms with Gasteiger partial charge in [0.25, 0.3) is 6.29 Å². The molecule has 0 aliphatic heterocycles. The van der Waals surface area contributed by atoms with Crippen molar-refractivity contribution in [2.24, 2.45) is 23.7 Å². The Morgan fingerprint density at radius 3 is 2.07 bits per heavy atom. The van der Waals surface area contributed by atoms with Crippen LogP contribution in [0.4, 0.5) is 4.79 Å². The molecule has 0 unspecified atom stereocenters. The highest BCUT2D eigenvalue weighted by molar-refractivity contribution is 5.73. The Balaban J connectivity index is 2.68. The van der Waals surface area contributed by atoms with Gasteiger partial charge in [-0.2, -0.15) is 0 Å². The third kappa shape index (κ3) is 9.29. The Labute approximate surface area is 179 Å². The van der Waals surface area contributed by atoms with E-state index in [1.807, 2.05) is 24.3 Å². The second-order valence-corrected chi connectivity index (χ2v) is 8.65. The fourth-order valence-corrected chi connectivity index (χ4v) is 2.79. The molecule has 7 nitrogen and oxygen atoms in total. The predicted molar refractivity (Wildman–Crippen MR) is 114 cm³/mol. The highest BCUT2D eigenvalue weighted by Crippen LogP contribution is 2.15. The number of alkyl carbamates (subject to hydrolysis) is 1. The van der Waals surface area contributed by atoms with Crippen LogP contribution in [0, 0.1) is 23.7 Å². The number of rotatable bonds is 11. The SMILES string of the molecule is CC(C)Cc1cccc(C[C@@H](CNC(=O)O[C@H](OC(=O)C(C)C)C(C)C)C(=O)O)c1. The van der Waals surface area contributed by atoms with E-state index in [-0.39, 0.29) is 24.8 Å². The first-order chi connectivity index (χ1) is 14.0. The average Bonchev–Trinajstić information content (AvgIpc) is 2.63. The number of carboxylic acid groups (broad SMARTS) is 1. The van der Waals surface area contributed by atoms with Gasteiger partial charge in [0.2, 0.25) is 0 Å². The topological polar surface area (TPSA) is 102 Å². The minimum absolute atomic E-state index is 0.0917. The van der Waals surface area contributed by atoms with Gasteiger partial charge in [-0.15, -0.1) is 0 Å². The molecule has 1 rings (SSSR count). The lowest BCUT2D eigenvalue weighted by atomic mass is 9.95. The first-order valence-electron chi connectivity index (χ1n) is 10.4. The van der Waals surface area contributed by atoms with E-state index in [4.69, 9.17) is 9.47 Å². The monoisotopic (exact) mass is 421 g/mol. The molecule has 0 bridgehead atoms. The van der Waals surface area contributed by atoms with E-state index in [0.29, 0.717) is 5.92 Å². The van der Waals surface area contributed by atoms with Crippen molar-refractivity contribution in [2.45, 2.75) is 60.7 Å². The van der Waals surface area contributed by atoms with Gasteiger partial charge in [0, 0.05) is 12.5 Å². The lowest BCUT2D eigenvalue weighted by Gasteiger charge is -2.23. The van der Waals surface area contributed by atoms with Crippen molar-refractivity contribution in [1.29, 1.82) is 0 Å². The molecule has 0 spiro atoms. The van der Waals surface area contributed by atoms with E-state index in [9.17, 15) is 19.5 Å². The van der Waals surface area contributed by atoms with Crippen molar-refractivity contribution in [2.75, 3.05) is 6.54 Å². The molecule has 0 saturated heterocycles. The van der Waals surface area contributed by atoms with Crippen molar-refractivity contribution in [3.05, 3.63) is 35.4 Å². The maximum atomic E-state index is 12.1. The van der Waals surface area contributed by atoms with Gasteiger partial charge in [-0.25, -0.2) is 4.79 Å². The van der Waals surface area contributed by atoms with Crippen molar-refractivity contribution in [3.8, 4) is 0 Å². The molecule has 0 aromatic heterocycles. The summed E-state index contributed by atoms with van der Waals surface area (Å²) in [5.74, 6) is -2.35. The molecule has 2 atom stereocenters. The largest absolute Gasteiger partial charge is 0.481 e.